The van der Waals surface area contributed by atoms with Crippen LogP contribution in [0.1, 0.15) is 56.3 Å². The SMILES string of the molecule is CCN(CC)CCN(C(=O)c1ccc(S(=O)(=O)N(C)C2CCCCC2)cc1)c1nc2ccc(F)cc2s1.Cl. The molecule has 1 heterocycles. The molecule has 1 fully saturated rings. The number of fused-ring (bicyclic) bond motifs is 1. The van der Waals surface area contributed by atoms with Crippen LogP contribution in [0.25, 0.3) is 10.2 Å². The van der Waals surface area contributed by atoms with Gasteiger partial charge in [-0.1, -0.05) is 44.4 Å². The molecule has 0 atom stereocenters. The molecule has 1 aliphatic rings. The van der Waals surface area contributed by atoms with Crippen LogP contribution in [0.4, 0.5) is 9.52 Å². The summed E-state index contributed by atoms with van der Waals surface area (Å²) in [4.78, 5) is 22.3. The Balaban J connectivity index is 0.00000400. The van der Waals surface area contributed by atoms with Crippen molar-refractivity contribution in [2.75, 3.05) is 38.1 Å². The van der Waals surface area contributed by atoms with Crippen molar-refractivity contribution in [1.29, 1.82) is 0 Å². The molecule has 0 unspecified atom stereocenters. The molecule has 2 aromatic carbocycles. The molecule has 1 amide bonds. The quantitative estimate of drug-likeness (QED) is 0.302. The summed E-state index contributed by atoms with van der Waals surface area (Å²) in [5.74, 6) is -0.616. The smallest absolute Gasteiger partial charge is 0.260 e. The number of hydrogen-bond acceptors (Lipinski definition) is 6. The molecular weight excluding hydrogens is 547 g/mol. The number of aromatic nitrogens is 1. The van der Waals surface area contributed by atoms with Gasteiger partial charge in [0.1, 0.15) is 5.82 Å². The van der Waals surface area contributed by atoms with Gasteiger partial charge < -0.3 is 4.90 Å². The van der Waals surface area contributed by atoms with E-state index in [2.05, 4.69) is 23.7 Å². The van der Waals surface area contributed by atoms with E-state index in [1.54, 1.807) is 30.1 Å². The zero-order valence-electron chi connectivity index (χ0n) is 22.1. The van der Waals surface area contributed by atoms with Gasteiger partial charge in [-0.05, 0) is 68.4 Å². The van der Waals surface area contributed by atoms with Crippen molar-refractivity contribution in [2.24, 2.45) is 0 Å². The largest absolute Gasteiger partial charge is 0.302 e. The average Bonchev–Trinajstić information content (AvgIpc) is 3.33. The van der Waals surface area contributed by atoms with Gasteiger partial charge in [-0.3, -0.25) is 9.69 Å². The Morgan fingerprint density at radius 2 is 1.68 bits per heavy atom. The predicted octanol–water partition coefficient (Wildman–Crippen LogP) is 5.80. The van der Waals surface area contributed by atoms with Crippen molar-refractivity contribution >= 4 is 55.0 Å². The molecule has 3 aromatic rings. The van der Waals surface area contributed by atoms with E-state index < -0.39 is 10.0 Å². The molecule has 1 aromatic heterocycles. The van der Waals surface area contributed by atoms with E-state index in [9.17, 15) is 17.6 Å². The third-order valence-corrected chi connectivity index (χ3v) is 10.2. The maximum atomic E-state index is 13.8. The lowest BCUT2D eigenvalue weighted by Gasteiger charge is -2.30. The molecule has 208 valence electrons. The topological polar surface area (TPSA) is 73.8 Å². The minimum atomic E-state index is -3.65. The van der Waals surface area contributed by atoms with E-state index in [0.717, 1.165) is 45.2 Å². The number of amides is 1. The number of anilines is 1. The van der Waals surface area contributed by atoms with E-state index >= 15 is 0 Å². The Kier molecular flexibility index (Phi) is 10.7. The lowest BCUT2D eigenvalue weighted by atomic mass is 9.96. The second-order valence-electron chi connectivity index (χ2n) is 9.43. The Morgan fingerprint density at radius 3 is 2.32 bits per heavy atom. The number of carbonyl (C=O) groups is 1. The third-order valence-electron chi connectivity index (χ3n) is 7.22. The molecule has 0 spiro atoms. The van der Waals surface area contributed by atoms with Crippen molar-refractivity contribution in [3.05, 3.63) is 53.8 Å². The van der Waals surface area contributed by atoms with Crippen molar-refractivity contribution < 1.29 is 17.6 Å². The molecule has 0 radical (unpaired) electrons. The first kappa shape index (κ1) is 30.4. The lowest BCUT2D eigenvalue weighted by Crippen LogP contribution is -2.39. The van der Waals surface area contributed by atoms with Crippen LogP contribution >= 0.6 is 23.7 Å². The monoisotopic (exact) mass is 582 g/mol. The van der Waals surface area contributed by atoms with Crippen LogP contribution in [0, 0.1) is 5.82 Å². The van der Waals surface area contributed by atoms with E-state index in [1.807, 2.05) is 0 Å². The molecule has 0 saturated heterocycles. The highest BCUT2D eigenvalue weighted by Crippen LogP contribution is 2.31. The minimum Gasteiger partial charge on any atom is -0.302 e. The first-order chi connectivity index (χ1) is 17.7. The van der Waals surface area contributed by atoms with Gasteiger partial charge in [-0.2, -0.15) is 4.31 Å². The van der Waals surface area contributed by atoms with Crippen molar-refractivity contribution in [3.63, 3.8) is 0 Å². The standard InChI is InChI=1S/C27H35FN4O3S2.ClH/c1-4-31(5-2)17-18-32(27-29-24-16-13-21(28)19-25(24)36-27)26(33)20-11-14-23(15-12-20)37(34,35)30(3)22-9-7-6-8-10-22;/h11-16,19,22H,4-10,17-18H2,1-3H3;1H. The van der Waals surface area contributed by atoms with Crippen LogP contribution in [-0.2, 0) is 10.0 Å². The summed E-state index contributed by atoms with van der Waals surface area (Å²) in [6.07, 6.45) is 4.98. The molecule has 1 saturated carbocycles. The van der Waals surface area contributed by atoms with Crippen molar-refractivity contribution in [2.45, 2.75) is 56.9 Å². The number of hydrogen-bond donors (Lipinski definition) is 0. The first-order valence-corrected chi connectivity index (χ1v) is 15.2. The summed E-state index contributed by atoms with van der Waals surface area (Å²) in [7, 11) is -2.00. The summed E-state index contributed by atoms with van der Waals surface area (Å²) >= 11 is 1.27. The third kappa shape index (κ3) is 6.71. The normalized spacial score (nSPS) is 14.7. The average molecular weight is 583 g/mol. The predicted molar refractivity (Wildman–Crippen MR) is 155 cm³/mol. The van der Waals surface area contributed by atoms with E-state index in [1.165, 1.54) is 39.9 Å². The fraction of sp³-hybridized carbons (Fsp3) is 0.481. The Bertz CT molecular complexity index is 1320. The second-order valence-corrected chi connectivity index (χ2v) is 12.4. The van der Waals surface area contributed by atoms with Crippen molar-refractivity contribution in [1.82, 2.24) is 14.2 Å². The fourth-order valence-corrected chi connectivity index (χ4v) is 7.23. The summed E-state index contributed by atoms with van der Waals surface area (Å²) in [6.45, 7) is 6.91. The molecule has 4 rings (SSSR count). The minimum absolute atomic E-state index is 0. The van der Waals surface area contributed by atoms with Gasteiger partial charge >= 0.3 is 0 Å². The van der Waals surface area contributed by atoms with Gasteiger partial charge in [0, 0.05) is 31.7 Å². The molecule has 0 bridgehead atoms. The second kappa shape index (κ2) is 13.3. The summed E-state index contributed by atoms with van der Waals surface area (Å²) in [5.41, 5.74) is 1.01. The van der Waals surface area contributed by atoms with Gasteiger partial charge in [-0.15, -0.1) is 12.4 Å². The van der Waals surface area contributed by atoms with Gasteiger partial charge in [0.25, 0.3) is 5.91 Å². The molecule has 11 heteroatoms. The number of carbonyl (C=O) groups excluding carboxylic acids is 1. The van der Waals surface area contributed by atoms with Gasteiger partial charge in [0.15, 0.2) is 5.13 Å². The number of nitrogens with zero attached hydrogens (tertiary/aromatic N) is 4. The highest BCUT2D eigenvalue weighted by atomic mass is 35.5. The van der Waals surface area contributed by atoms with E-state index in [-0.39, 0.29) is 35.1 Å². The highest BCUT2D eigenvalue weighted by Gasteiger charge is 2.29. The van der Waals surface area contributed by atoms with Crippen LogP contribution < -0.4 is 4.90 Å². The lowest BCUT2D eigenvalue weighted by molar-refractivity contribution is 0.0983. The van der Waals surface area contributed by atoms with Crippen LogP contribution in [0.5, 0.6) is 0 Å². The fourth-order valence-electron chi connectivity index (χ4n) is 4.80. The number of benzene rings is 2. The molecule has 0 aliphatic heterocycles. The van der Waals surface area contributed by atoms with Crippen LogP contribution in [-0.4, -0.2) is 67.8 Å². The van der Waals surface area contributed by atoms with Crippen molar-refractivity contribution in [3.8, 4) is 0 Å². The Labute approximate surface area is 235 Å². The zero-order chi connectivity index (χ0) is 26.6. The number of sulfonamides is 1. The zero-order valence-corrected chi connectivity index (χ0v) is 24.5. The molecule has 0 N–H and O–H groups in total. The van der Waals surface area contributed by atoms with Crippen LogP contribution in [0.3, 0.4) is 0 Å². The Hall–Kier alpha value is -2.11. The molecule has 7 nitrogen and oxygen atoms in total. The first-order valence-electron chi connectivity index (χ1n) is 12.9. The maximum absolute atomic E-state index is 13.8. The molecule has 38 heavy (non-hydrogen) atoms. The summed E-state index contributed by atoms with van der Waals surface area (Å²) in [6, 6.07) is 10.6. The molecular formula is C27H36ClFN4O3S2. The summed E-state index contributed by atoms with van der Waals surface area (Å²) < 4.78 is 42.4. The highest BCUT2D eigenvalue weighted by molar-refractivity contribution is 7.89. The number of likely N-dealkylation sites (N-methyl/N-ethyl adjacent to an activating group) is 1. The number of halogens is 2. The van der Waals surface area contributed by atoms with Crippen LogP contribution in [0.2, 0.25) is 0 Å². The Morgan fingerprint density at radius 1 is 1.03 bits per heavy atom. The van der Waals surface area contributed by atoms with Gasteiger partial charge in [0.2, 0.25) is 10.0 Å². The van der Waals surface area contributed by atoms with Gasteiger partial charge in [-0.25, -0.2) is 17.8 Å². The van der Waals surface area contributed by atoms with E-state index in [4.69, 9.17) is 0 Å². The van der Waals surface area contributed by atoms with E-state index in [0.29, 0.717) is 34.0 Å². The van der Waals surface area contributed by atoms with Gasteiger partial charge in [0.05, 0.1) is 15.1 Å². The molecule has 1 aliphatic carbocycles. The van der Waals surface area contributed by atoms with Crippen LogP contribution in [0.15, 0.2) is 47.4 Å². The number of rotatable bonds is 10. The maximum Gasteiger partial charge on any atom is 0.260 e. The summed E-state index contributed by atoms with van der Waals surface area (Å²) in [5, 5.41) is 0.492. The number of thiazole rings is 1.